The molecule has 0 fully saturated rings. The van der Waals surface area contributed by atoms with E-state index in [-0.39, 0.29) is 17.7 Å². The Balaban J connectivity index is 1.76. The second-order valence-corrected chi connectivity index (χ2v) is 6.25. The lowest BCUT2D eigenvalue weighted by Crippen LogP contribution is -2.42. The molecule has 0 saturated heterocycles. The van der Waals surface area contributed by atoms with Gasteiger partial charge in [-0.1, -0.05) is 0 Å². The van der Waals surface area contributed by atoms with Crippen molar-refractivity contribution in [1.82, 2.24) is 9.88 Å². The first kappa shape index (κ1) is 17.5. The highest BCUT2D eigenvalue weighted by atomic mass is 16.4. The van der Waals surface area contributed by atoms with Crippen LogP contribution in [0.1, 0.15) is 19.6 Å². The number of aromatic nitrogens is 1. The van der Waals surface area contributed by atoms with Gasteiger partial charge in [0, 0.05) is 42.2 Å². The monoisotopic (exact) mass is 373 g/mol. The molecule has 0 N–H and O–H groups in total. The second-order valence-electron chi connectivity index (χ2n) is 6.25. The lowest BCUT2D eigenvalue weighted by molar-refractivity contribution is -0.140. The molecule has 0 saturated carbocycles. The highest BCUT2D eigenvalue weighted by Crippen LogP contribution is 2.32. The smallest absolute Gasteiger partial charge is 0.271 e. The van der Waals surface area contributed by atoms with Crippen molar-refractivity contribution in [3.8, 4) is 17.4 Å². The van der Waals surface area contributed by atoms with Crippen LogP contribution in [0.4, 0.5) is 0 Å². The highest BCUT2D eigenvalue weighted by Gasteiger charge is 2.34. The van der Waals surface area contributed by atoms with Crippen LogP contribution in [0.25, 0.3) is 28.6 Å². The lowest BCUT2D eigenvalue weighted by Gasteiger charge is -2.25. The van der Waals surface area contributed by atoms with E-state index in [0.717, 1.165) is 10.5 Å². The highest BCUT2D eigenvalue weighted by molar-refractivity contribution is 6.19. The first-order valence-corrected chi connectivity index (χ1v) is 8.66. The van der Waals surface area contributed by atoms with Crippen molar-refractivity contribution >= 4 is 29.1 Å². The fourth-order valence-electron chi connectivity index (χ4n) is 3.14. The Labute approximate surface area is 160 Å². The Bertz CT molecular complexity index is 1170. The molecule has 3 aromatic rings. The number of pyridine rings is 1. The van der Waals surface area contributed by atoms with Crippen LogP contribution >= 0.6 is 0 Å². The molecule has 0 spiro atoms. The standard InChI is InChI=1S/C21H15N3O4/c1-3-24-20(25)15(12(2)16(10-22)21(24)26)7-14-8-18-19(27-14)9-17(28-18)13-5-4-6-23-11-13/h4-9,11H,3H2,1-2H3/b15-7-. The van der Waals surface area contributed by atoms with Crippen LogP contribution in [0.5, 0.6) is 0 Å². The minimum absolute atomic E-state index is 0.0400. The number of carbonyl (C=O) groups excluding carboxylic acids is 2. The van der Waals surface area contributed by atoms with E-state index in [0.29, 0.717) is 28.3 Å². The zero-order valence-electron chi connectivity index (χ0n) is 15.2. The van der Waals surface area contributed by atoms with Crippen molar-refractivity contribution in [2.75, 3.05) is 6.54 Å². The molecular formula is C21H15N3O4. The number of amides is 2. The van der Waals surface area contributed by atoms with E-state index in [1.807, 2.05) is 18.2 Å². The molecular weight excluding hydrogens is 358 g/mol. The van der Waals surface area contributed by atoms with Gasteiger partial charge in [-0.3, -0.25) is 19.5 Å². The largest absolute Gasteiger partial charge is 0.453 e. The number of imide groups is 1. The first-order chi connectivity index (χ1) is 13.5. The van der Waals surface area contributed by atoms with Gasteiger partial charge in [-0.2, -0.15) is 5.26 Å². The average Bonchev–Trinajstić information content (AvgIpc) is 3.25. The summed E-state index contributed by atoms with van der Waals surface area (Å²) in [6.45, 7) is 3.45. The molecule has 7 heteroatoms. The quantitative estimate of drug-likeness (QED) is 0.512. The summed E-state index contributed by atoms with van der Waals surface area (Å²) in [6, 6.07) is 9.00. The molecule has 138 valence electrons. The van der Waals surface area contributed by atoms with Crippen molar-refractivity contribution in [3.63, 3.8) is 0 Å². The Morgan fingerprint density at radius 1 is 1.21 bits per heavy atom. The third kappa shape index (κ3) is 2.72. The number of likely N-dealkylation sites (N-methyl/N-ethyl adjacent to an activating group) is 1. The number of furan rings is 2. The summed E-state index contributed by atoms with van der Waals surface area (Å²) < 4.78 is 11.6. The zero-order chi connectivity index (χ0) is 19.8. The predicted octanol–water partition coefficient (Wildman–Crippen LogP) is 3.70. The van der Waals surface area contributed by atoms with Gasteiger partial charge in [0.2, 0.25) is 0 Å². The molecule has 0 unspecified atom stereocenters. The third-order valence-corrected chi connectivity index (χ3v) is 4.60. The second kappa shape index (κ2) is 6.67. The fraction of sp³-hybridized carbons (Fsp3) is 0.143. The number of hydrogen-bond acceptors (Lipinski definition) is 6. The summed E-state index contributed by atoms with van der Waals surface area (Å²) in [7, 11) is 0. The van der Waals surface area contributed by atoms with Gasteiger partial charge in [0.15, 0.2) is 11.2 Å². The van der Waals surface area contributed by atoms with E-state index < -0.39 is 11.8 Å². The fourth-order valence-corrected chi connectivity index (χ4v) is 3.14. The molecule has 0 aromatic carbocycles. The molecule has 0 radical (unpaired) electrons. The lowest BCUT2D eigenvalue weighted by atomic mass is 9.95. The Morgan fingerprint density at radius 3 is 2.64 bits per heavy atom. The van der Waals surface area contributed by atoms with Crippen LogP contribution in [0, 0.1) is 11.3 Å². The summed E-state index contributed by atoms with van der Waals surface area (Å²) >= 11 is 0. The van der Waals surface area contributed by atoms with E-state index in [9.17, 15) is 14.9 Å². The van der Waals surface area contributed by atoms with Crippen LogP contribution in [-0.2, 0) is 9.59 Å². The summed E-state index contributed by atoms with van der Waals surface area (Å²) in [5, 5.41) is 9.30. The molecule has 7 nitrogen and oxygen atoms in total. The van der Waals surface area contributed by atoms with E-state index >= 15 is 0 Å². The molecule has 0 atom stereocenters. The van der Waals surface area contributed by atoms with Gasteiger partial charge >= 0.3 is 0 Å². The molecule has 28 heavy (non-hydrogen) atoms. The van der Waals surface area contributed by atoms with Crippen molar-refractivity contribution in [2.24, 2.45) is 0 Å². The van der Waals surface area contributed by atoms with Gasteiger partial charge in [-0.05, 0) is 37.6 Å². The van der Waals surface area contributed by atoms with E-state index in [2.05, 4.69) is 4.98 Å². The van der Waals surface area contributed by atoms with Crippen LogP contribution in [0.3, 0.4) is 0 Å². The molecule has 4 heterocycles. The van der Waals surface area contributed by atoms with Gasteiger partial charge < -0.3 is 8.83 Å². The number of carbonyl (C=O) groups is 2. The van der Waals surface area contributed by atoms with Crippen LogP contribution in [-0.4, -0.2) is 28.2 Å². The normalized spacial score (nSPS) is 16.3. The molecule has 1 aliphatic heterocycles. The zero-order valence-corrected chi connectivity index (χ0v) is 15.2. The van der Waals surface area contributed by atoms with Gasteiger partial charge in [0.1, 0.15) is 23.2 Å². The number of rotatable bonds is 3. The molecule has 4 rings (SSSR count). The van der Waals surface area contributed by atoms with Gasteiger partial charge in [0.25, 0.3) is 11.8 Å². The average molecular weight is 373 g/mol. The maximum atomic E-state index is 12.7. The molecule has 1 aliphatic rings. The van der Waals surface area contributed by atoms with Crippen molar-refractivity contribution in [1.29, 1.82) is 5.26 Å². The van der Waals surface area contributed by atoms with Gasteiger partial charge in [-0.25, -0.2) is 0 Å². The number of fused-ring (bicyclic) bond motifs is 1. The summed E-state index contributed by atoms with van der Waals surface area (Å²) in [4.78, 5) is 30.0. The van der Waals surface area contributed by atoms with Crippen LogP contribution < -0.4 is 0 Å². The minimum Gasteiger partial charge on any atom is -0.453 e. The summed E-state index contributed by atoms with van der Waals surface area (Å²) in [6.07, 6.45) is 4.90. The number of nitriles is 1. The summed E-state index contributed by atoms with van der Waals surface area (Å²) in [5.41, 5.74) is 2.43. The van der Waals surface area contributed by atoms with Crippen molar-refractivity contribution in [3.05, 3.63) is 59.1 Å². The Morgan fingerprint density at radius 2 is 2.00 bits per heavy atom. The van der Waals surface area contributed by atoms with E-state index in [1.54, 1.807) is 38.4 Å². The Kier molecular flexibility index (Phi) is 4.17. The summed E-state index contributed by atoms with van der Waals surface area (Å²) in [5.74, 6) is 0.00399. The van der Waals surface area contributed by atoms with Gasteiger partial charge in [0.05, 0.1) is 0 Å². The molecule has 0 bridgehead atoms. The number of hydrogen-bond donors (Lipinski definition) is 0. The Hall–Kier alpha value is -3.92. The maximum absolute atomic E-state index is 12.7. The minimum atomic E-state index is -0.570. The maximum Gasteiger partial charge on any atom is 0.271 e. The first-order valence-electron chi connectivity index (χ1n) is 8.66. The third-order valence-electron chi connectivity index (χ3n) is 4.60. The van der Waals surface area contributed by atoms with Crippen molar-refractivity contribution in [2.45, 2.75) is 13.8 Å². The van der Waals surface area contributed by atoms with Crippen molar-refractivity contribution < 1.29 is 18.4 Å². The van der Waals surface area contributed by atoms with E-state index in [4.69, 9.17) is 8.83 Å². The topological polar surface area (TPSA) is 100 Å². The molecule has 2 amide bonds. The van der Waals surface area contributed by atoms with Crippen LogP contribution in [0.2, 0.25) is 0 Å². The van der Waals surface area contributed by atoms with Crippen LogP contribution in [0.15, 0.2) is 62.2 Å². The van der Waals surface area contributed by atoms with Gasteiger partial charge in [-0.15, -0.1) is 0 Å². The van der Waals surface area contributed by atoms with E-state index in [1.165, 1.54) is 6.08 Å². The molecule has 3 aromatic heterocycles. The molecule has 0 aliphatic carbocycles. The predicted molar refractivity (Wildman–Crippen MR) is 100 cm³/mol. The number of nitrogens with zero attached hydrogens (tertiary/aromatic N) is 3. The SMILES string of the molecule is CCN1C(=O)C(C#N)=C(C)/C(=C/c2cc3oc(-c4cccnc4)cc3o2)C1=O.